The van der Waals surface area contributed by atoms with Crippen LogP contribution in [0.4, 0.5) is 0 Å². The molecule has 0 aromatic rings. The van der Waals surface area contributed by atoms with Gasteiger partial charge in [0, 0.05) is 0 Å². The molecule has 0 aromatic carbocycles. The van der Waals surface area contributed by atoms with Crippen LogP contribution in [0.1, 0.15) is 0 Å². The lowest BCUT2D eigenvalue weighted by Crippen LogP contribution is -1.77. The Morgan fingerprint density at radius 2 is 0.192 bits per heavy atom. The number of hydrogen-bond acceptors (Lipinski definition) is 31. The van der Waals surface area contributed by atoms with Gasteiger partial charge in [-0.3, -0.25) is 95.9 Å². The maximum Gasteiger partial charge on any atom is 0.300 e. The van der Waals surface area contributed by atoms with Crippen molar-refractivity contribution >= 4 is 136 Å². The maximum atomic E-state index is 8.95. The van der Waals surface area contributed by atoms with Crippen molar-refractivity contribution in [1.82, 2.24) is 0 Å². The summed E-state index contributed by atoms with van der Waals surface area (Å²) in [5, 5.41) is 0. The molecule has 0 aliphatic carbocycles. The van der Waals surface area contributed by atoms with Crippen LogP contribution in [0.15, 0.2) is 0 Å². The van der Waals surface area contributed by atoms with Crippen LogP contribution in [-0.4, -0.2) is 136 Å². The lowest BCUT2D eigenvalue weighted by atomic mass is 11.5. The van der Waals surface area contributed by atoms with Crippen LogP contribution in [0, 0.1) is 0 Å². The summed E-state index contributed by atoms with van der Waals surface area (Å²) >= 11 is 0. The standard InChI is InChI=1S/10C2H2O3.CH2O/c10*3-1-5-2-4;1-2/h10*1-2H;1H2. The Bertz CT molecular complexity index is 591. The number of carbonyl (C=O) groups is 21. The fraction of sp³-hybridized carbons (Fsp3) is 0. The summed E-state index contributed by atoms with van der Waals surface area (Å²) in [6, 6.07) is 0. The van der Waals surface area contributed by atoms with Gasteiger partial charge in [-0.2, -0.15) is 0 Å². The molecule has 0 saturated carbocycles. The number of carbonyl (C=O) groups excluding carboxylic acids is 21. The SMILES string of the molecule is C=O.O=COC=O.O=COC=O.O=COC=O.O=COC=O.O=COC=O.O=COC=O.O=COC=O.O=COC=O.O=COC=O.O=COC=O. The minimum atomic E-state index is 0.0625. The van der Waals surface area contributed by atoms with Crippen molar-refractivity contribution in [2.45, 2.75) is 0 Å². The highest BCUT2D eigenvalue weighted by molar-refractivity contribution is 5.58. The number of rotatable bonds is 20. The first-order valence-electron chi connectivity index (χ1n) is 9.72. The van der Waals surface area contributed by atoms with E-state index in [2.05, 4.69) is 47.4 Å². The molecule has 0 spiro atoms. The van der Waals surface area contributed by atoms with Crippen molar-refractivity contribution in [3.8, 4) is 0 Å². The van der Waals surface area contributed by atoms with Crippen LogP contribution < -0.4 is 0 Å². The highest BCUT2D eigenvalue weighted by atomic mass is 16.6. The van der Waals surface area contributed by atoms with Gasteiger partial charge in [0.25, 0.3) is 0 Å². The minimum absolute atomic E-state index is 0.0625. The summed E-state index contributed by atoms with van der Waals surface area (Å²) in [5.74, 6) is 0. The third-order valence-corrected chi connectivity index (χ3v) is 1.11. The van der Waals surface area contributed by atoms with Gasteiger partial charge in [0.05, 0.1) is 0 Å². The third-order valence-electron chi connectivity index (χ3n) is 1.11. The van der Waals surface area contributed by atoms with Crippen molar-refractivity contribution in [2.75, 3.05) is 0 Å². The summed E-state index contributed by atoms with van der Waals surface area (Å²) in [4.78, 5) is 187. The molecule has 0 aromatic heterocycles. The summed E-state index contributed by atoms with van der Waals surface area (Å²) in [6.45, 7) is 3.25. The lowest BCUT2D eigenvalue weighted by Gasteiger charge is -1.65. The van der Waals surface area contributed by atoms with Gasteiger partial charge in [-0.15, -0.1) is 0 Å². The molecule has 0 heterocycles. The largest absolute Gasteiger partial charge is 0.398 e. The van der Waals surface area contributed by atoms with E-state index in [1.165, 1.54) is 0 Å². The predicted octanol–water partition coefficient (Wildman–Crippen LogP) is -7.03. The van der Waals surface area contributed by atoms with Crippen LogP contribution in [0.5, 0.6) is 0 Å². The molecule has 31 nitrogen and oxygen atoms in total. The fourth-order valence-electron chi connectivity index (χ4n) is 0.227. The molecular weight excluding hydrogens is 748 g/mol. The Morgan fingerprint density at radius 1 is 0.154 bits per heavy atom. The Labute approximate surface area is 285 Å². The summed E-state index contributed by atoms with van der Waals surface area (Å²) in [5.41, 5.74) is 0. The molecule has 52 heavy (non-hydrogen) atoms. The second-order valence-electron chi connectivity index (χ2n) is 3.29. The van der Waals surface area contributed by atoms with Crippen molar-refractivity contribution < 1.29 is 148 Å². The fourth-order valence-corrected chi connectivity index (χ4v) is 0.227. The van der Waals surface area contributed by atoms with Gasteiger partial charge >= 0.3 is 129 Å². The Hall–Kier alpha value is -8.93. The van der Waals surface area contributed by atoms with Crippen molar-refractivity contribution in [3.05, 3.63) is 0 Å². The molecule has 0 radical (unpaired) electrons. The summed E-state index contributed by atoms with van der Waals surface area (Å²) in [7, 11) is 0. The van der Waals surface area contributed by atoms with E-state index in [1.807, 2.05) is 6.79 Å². The summed E-state index contributed by atoms with van der Waals surface area (Å²) < 4.78 is 34.7. The van der Waals surface area contributed by atoms with Gasteiger partial charge < -0.3 is 52.2 Å². The van der Waals surface area contributed by atoms with E-state index in [1.54, 1.807) is 0 Å². The average molecular weight is 770 g/mol. The van der Waals surface area contributed by atoms with Gasteiger partial charge in [0.2, 0.25) is 0 Å². The lowest BCUT2D eigenvalue weighted by molar-refractivity contribution is -0.143. The molecule has 0 aliphatic rings. The van der Waals surface area contributed by atoms with Crippen molar-refractivity contribution in [3.63, 3.8) is 0 Å². The summed E-state index contributed by atoms with van der Waals surface area (Å²) in [6.07, 6.45) is 0. The van der Waals surface area contributed by atoms with Gasteiger partial charge in [-0.25, -0.2) is 0 Å². The molecule has 0 saturated heterocycles. The van der Waals surface area contributed by atoms with Gasteiger partial charge in [-0.1, -0.05) is 0 Å². The zero-order valence-electron chi connectivity index (χ0n) is 24.9. The van der Waals surface area contributed by atoms with Crippen molar-refractivity contribution in [2.24, 2.45) is 0 Å². The van der Waals surface area contributed by atoms with Gasteiger partial charge in [-0.05, 0) is 0 Å². The number of hydrogen-bond donors (Lipinski definition) is 0. The van der Waals surface area contributed by atoms with E-state index in [0.717, 1.165) is 0 Å². The normalized spacial score (nSPS) is 5.46. The van der Waals surface area contributed by atoms with E-state index < -0.39 is 0 Å². The quantitative estimate of drug-likeness (QED) is 0.0630. The average Bonchev–Trinajstić information content (AvgIpc) is 3.15. The second kappa shape index (κ2) is 160. The van der Waals surface area contributed by atoms with Crippen LogP contribution in [0.25, 0.3) is 0 Å². The molecule has 0 fully saturated rings. The predicted molar refractivity (Wildman–Crippen MR) is 139 cm³/mol. The van der Waals surface area contributed by atoms with Gasteiger partial charge in [0.1, 0.15) is 6.79 Å². The molecule has 0 N–H and O–H groups in total. The second-order valence-corrected chi connectivity index (χ2v) is 3.29. The van der Waals surface area contributed by atoms with Crippen LogP contribution in [0.3, 0.4) is 0 Å². The van der Waals surface area contributed by atoms with E-state index >= 15 is 0 Å². The molecule has 292 valence electrons. The molecule has 0 amide bonds. The molecule has 0 bridgehead atoms. The van der Waals surface area contributed by atoms with E-state index in [9.17, 15) is 0 Å². The van der Waals surface area contributed by atoms with E-state index in [4.69, 9.17) is 101 Å². The molecule has 0 rings (SSSR count). The van der Waals surface area contributed by atoms with Crippen LogP contribution in [0.2, 0.25) is 0 Å². The molecular formula is C21H22O31. The molecule has 0 aliphatic heterocycles. The van der Waals surface area contributed by atoms with E-state index in [-0.39, 0.29) is 129 Å². The highest BCUT2D eigenvalue weighted by Gasteiger charge is 1.62. The van der Waals surface area contributed by atoms with Gasteiger partial charge in [0.15, 0.2) is 0 Å². The zero-order valence-corrected chi connectivity index (χ0v) is 24.9. The van der Waals surface area contributed by atoms with E-state index in [0.29, 0.717) is 0 Å². The first-order valence-corrected chi connectivity index (χ1v) is 9.72. The topological polar surface area (TPSA) is 451 Å². The Morgan fingerprint density at radius 3 is 0.192 bits per heavy atom. The molecule has 0 unspecified atom stereocenters. The van der Waals surface area contributed by atoms with Crippen LogP contribution in [-0.2, 0) is 148 Å². The molecule has 31 heteroatoms. The smallest absolute Gasteiger partial charge is 0.300 e. The monoisotopic (exact) mass is 770 g/mol. The third kappa shape index (κ3) is 538. The Kier molecular flexibility index (Phi) is 228. The van der Waals surface area contributed by atoms with Crippen molar-refractivity contribution in [1.29, 1.82) is 0 Å². The first-order chi connectivity index (χ1) is 25.1. The highest BCUT2D eigenvalue weighted by Crippen LogP contribution is 1.44. The minimum Gasteiger partial charge on any atom is -0.398 e. The van der Waals surface area contributed by atoms with Crippen LogP contribution >= 0.6 is 0 Å². The number of ether oxygens (including phenoxy) is 10. The Balaban J connectivity index is -0.0000000397. The zero-order chi connectivity index (χ0) is 43.2. The maximum absolute atomic E-state index is 8.95. The first kappa shape index (κ1) is 74.1. The molecule has 0 atom stereocenters.